The van der Waals surface area contributed by atoms with Gasteiger partial charge >= 0.3 is 5.69 Å². The van der Waals surface area contributed by atoms with Crippen LogP contribution in [0.1, 0.15) is 25.7 Å². The molecular weight excluding hydrogens is 154 g/mol. The van der Waals surface area contributed by atoms with Crippen molar-refractivity contribution in [3.8, 4) is 0 Å². The van der Waals surface area contributed by atoms with E-state index >= 15 is 0 Å². The predicted octanol–water partition coefficient (Wildman–Crippen LogP) is 0.913. The van der Waals surface area contributed by atoms with Crippen molar-refractivity contribution in [2.45, 2.75) is 25.7 Å². The molecule has 0 saturated heterocycles. The first kappa shape index (κ1) is 8.77. The highest BCUT2D eigenvalue weighted by Gasteiger charge is 1.95. The molecule has 4 heteroatoms. The van der Waals surface area contributed by atoms with Crippen LogP contribution in [0.4, 0.5) is 5.82 Å². The standard InChI is InChI=1S/C4H5N3O.C4H8/c5-3-1-2-6-4(8)7-3;1-2-4-3-1/h1-2H,(H3,5,6,7,8);1-4H2. The van der Waals surface area contributed by atoms with Gasteiger partial charge in [0.15, 0.2) is 0 Å². The summed E-state index contributed by atoms with van der Waals surface area (Å²) >= 11 is 0. The largest absolute Gasteiger partial charge is 0.383 e. The molecule has 1 saturated carbocycles. The molecule has 0 spiro atoms. The molecule has 0 atom stereocenters. The second-order valence-corrected chi connectivity index (χ2v) is 2.73. The van der Waals surface area contributed by atoms with Gasteiger partial charge < -0.3 is 10.7 Å². The fourth-order valence-corrected chi connectivity index (χ4v) is 0.635. The van der Waals surface area contributed by atoms with Crippen LogP contribution in [-0.4, -0.2) is 9.97 Å². The molecule has 12 heavy (non-hydrogen) atoms. The molecule has 3 N–H and O–H groups in total. The highest BCUT2D eigenvalue weighted by atomic mass is 16.1. The lowest BCUT2D eigenvalue weighted by molar-refractivity contribution is 0.504. The van der Waals surface area contributed by atoms with Crippen LogP contribution in [0.25, 0.3) is 0 Å². The molecule has 1 aliphatic rings. The third-order valence-electron chi connectivity index (χ3n) is 1.69. The van der Waals surface area contributed by atoms with Crippen LogP contribution in [0, 0.1) is 0 Å². The van der Waals surface area contributed by atoms with Gasteiger partial charge in [0.25, 0.3) is 0 Å². The third-order valence-corrected chi connectivity index (χ3v) is 1.69. The second kappa shape index (κ2) is 4.54. The Hall–Kier alpha value is -1.32. The SMILES string of the molecule is C1CCC1.Nc1cc[nH]c(=O)n1. The molecule has 1 heterocycles. The van der Waals surface area contributed by atoms with Gasteiger partial charge in [-0.15, -0.1) is 0 Å². The quantitative estimate of drug-likeness (QED) is 0.603. The number of hydrogen-bond acceptors (Lipinski definition) is 3. The summed E-state index contributed by atoms with van der Waals surface area (Å²) in [6.45, 7) is 0. The first-order valence-corrected chi connectivity index (χ1v) is 4.10. The summed E-state index contributed by atoms with van der Waals surface area (Å²) in [5.74, 6) is 0.244. The topological polar surface area (TPSA) is 71.8 Å². The molecule has 1 aromatic heterocycles. The van der Waals surface area contributed by atoms with E-state index in [9.17, 15) is 4.79 Å². The Labute approximate surface area is 70.8 Å². The highest BCUT2D eigenvalue weighted by Crippen LogP contribution is 2.15. The van der Waals surface area contributed by atoms with E-state index in [0.29, 0.717) is 0 Å². The van der Waals surface area contributed by atoms with Crippen molar-refractivity contribution in [1.82, 2.24) is 9.97 Å². The van der Waals surface area contributed by atoms with E-state index in [1.54, 1.807) is 0 Å². The molecule has 0 aromatic carbocycles. The zero-order chi connectivity index (χ0) is 8.81. The first-order valence-electron chi connectivity index (χ1n) is 4.10. The Morgan fingerprint density at radius 3 is 2.17 bits per heavy atom. The lowest BCUT2D eigenvalue weighted by Crippen LogP contribution is -2.10. The van der Waals surface area contributed by atoms with Crippen LogP contribution in [0.3, 0.4) is 0 Å². The second-order valence-electron chi connectivity index (χ2n) is 2.73. The number of aromatic nitrogens is 2. The number of nitrogen functional groups attached to an aromatic ring is 1. The summed E-state index contributed by atoms with van der Waals surface area (Å²) < 4.78 is 0. The normalized spacial score (nSPS) is 14.0. The maximum atomic E-state index is 10.2. The number of rotatable bonds is 0. The third kappa shape index (κ3) is 3.18. The minimum Gasteiger partial charge on any atom is -0.383 e. The van der Waals surface area contributed by atoms with Crippen molar-refractivity contribution >= 4 is 5.82 Å². The fraction of sp³-hybridized carbons (Fsp3) is 0.500. The van der Waals surface area contributed by atoms with Crippen molar-refractivity contribution in [3.63, 3.8) is 0 Å². The van der Waals surface area contributed by atoms with Gasteiger partial charge in [-0.3, -0.25) is 0 Å². The number of H-pyrrole nitrogens is 1. The summed E-state index contributed by atoms with van der Waals surface area (Å²) in [6.07, 6.45) is 7.45. The zero-order valence-electron chi connectivity index (χ0n) is 6.92. The molecule has 1 fully saturated rings. The van der Waals surface area contributed by atoms with Crippen LogP contribution < -0.4 is 11.4 Å². The van der Waals surface area contributed by atoms with E-state index < -0.39 is 5.69 Å². The molecule has 0 radical (unpaired) electrons. The smallest absolute Gasteiger partial charge is 0.346 e. The van der Waals surface area contributed by atoms with E-state index in [1.165, 1.54) is 37.9 Å². The maximum absolute atomic E-state index is 10.2. The Kier molecular flexibility index (Phi) is 3.32. The van der Waals surface area contributed by atoms with E-state index in [0.717, 1.165) is 0 Å². The van der Waals surface area contributed by atoms with Gasteiger partial charge in [-0.25, -0.2) is 4.79 Å². The predicted molar refractivity (Wildman–Crippen MR) is 47.7 cm³/mol. The van der Waals surface area contributed by atoms with Crippen LogP contribution in [0.15, 0.2) is 17.1 Å². The van der Waals surface area contributed by atoms with Gasteiger partial charge in [0, 0.05) is 6.20 Å². The minimum absolute atomic E-state index is 0.244. The molecule has 2 rings (SSSR count). The molecule has 0 aliphatic heterocycles. The monoisotopic (exact) mass is 167 g/mol. The Morgan fingerprint density at radius 1 is 1.33 bits per heavy atom. The van der Waals surface area contributed by atoms with Crippen LogP contribution in [0.2, 0.25) is 0 Å². The van der Waals surface area contributed by atoms with Gasteiger partial charge in [0.2, 0.25) is 0 Å². The maximum Gasteiger partial charge on any atom is 0.346 e. The van der Waals surface area contributed by atoms with Gasteiger partial charge in [-0.2, -0.15) is 4.98 Å². The lowest BCUT2D eigenvalue weighted by Gasteiger charge is -2.05. The van der Waals surface area contributed by atoms with Crippen LogP contribution in [-0.2, 0) is 0 Å². The molecule has 1 aliphatic carbocycles. The fourth-order valence-electron chi connectivity index (χ4n) is 0.635. The number of nitrogens with two attached hydrogens (primary N) is 1. The average molecular weight is 167 g/mol. The van der Waals surface area contributed by atoms with E-state index in [2.05, 4.69) is 9.97 Å². The summed E-state index contributed by atoms with van der Waals surface area (Å²) in [5, 5.41) is 0. The van der Waals surface area contributed by atoms with Gasteiger partial charge in [0.05, 0.1) is 0 Å². The van der Waals surface area contributed by atoms with Crippen molar-refractivity contribution in [1.29, 1.82) is 0 Å². The Bertz CT molecular complexity index is 274. The van der Waals surface area contributed by atoms with E-state index in [-0.39, 0.29) is 5.82 Å². The average Bonchev–Trinajstić information content (AvgIpc) is 1.81. The van der Waals surface area contributed by atoms with Crippen molar-refractivity contribution in [2.75, 3.05) is 5.73 Å². The minimum atomic E-state index is -0.412. The number of hydrogen-bond donors (Lipinski definition) is 2. The lowest BCUT2D eigenvalue weighted by atomic mass is 10.0. The highest BCUT2D eigenvalue weighted by molar-refractivity contribution is 5.22. The molecule has 0 unspecified atom stereocenters. The Morgan fingerprint density at radius 2 is 1.92 bits per heavy atom. The summed E-state index contributed by atoms with van der Waals surface area (Å²) in [5.41, 5.74) is 4.72. The van der Waals surface area contributed by atoms with E-state index in [4.69, 9.17) is 5.73 Å². The summed E-state index contributed by atoms with van der Waals surface area (Å²) in [6, 6.07) is 1.52. The number of nitrogens with zero attached hydrogens (tertiary/aromatic N) is 1. The molecule has 0 bridgehead atoms. The van der Waals surface area contributed by atoms with Crippen LogP contribution in [0.5, 0.6) is 0 Å². The van der Waals surface area contributed by atoms with E-state index in [1.807, 2.05) is 0 Å². The summed E-state index contributed by atoms with van der Waals surface area (Å²) in [7, 11) is 0. The molecule has 0 amide bonds. The van der Waals surface area contributed by atoms with Gasteiger partial charge in [0.1, 0.15) is 5.82 Å². The Balaban J connectivity index is 0.000000150. The molecule has 66 valence electrons. The van der Waals surface area contributed by atoms with Crippen LogP contribution >= 0.6 is 0 Å². The summed E-state index contributed by atoms with van der Waals surface area (Å²) in [4.78, 5) is 15.9. The number of nitrogens with one attached hydrogen (secondary N) is 1. The molecule has 4 nitrogen and oxygen atoms in total. The molecule has 1 aromatic rings. The van der Waals surface area contributed by atoms with Gasteiger partial charge in [-0.1, -0.05) is 25.7 Å². The zero-order valence-corrected chi connectivity index (χ0v) is 6.92. The molecular formula is C8H13N3O. The van der Waals surface area contributed by atoms with Crippen molar-refractivity contribution in [3.05, 3.63) is 22.7 Å². The number of aromatic amines is 1. The van der Waals surface area contributed by atoms with Gasteiger partial charge in [-0.05, 0) is 6.07 Å². The number of anilines is 1. The first-order chi connectivity index (χ1) is 5.79. The van der Waals surface area contributed by atoms with Crippen molar-refractivity contribution in [2.24, 2.45) is 0 Å². The van der Waals surface area contributed by atoms with Crippen molar-refractivity contribution < 1.29 is 0 Å².